The van der Waals surface area contributed by atoms with Gasteiger partial charge in [-0.25, -0.2) is 5.84 Å². The Labute approximate surface area is 115 Å². The van der Waals surface area contributed by atoms with E-state index in [9.17, 15) is 9.59 Å². The topological polar surface area (TPSA) is 116 Å². The average Bonchev–Trinajstić information content (AvgIpc) is 2.89. The van der Waals surface area contributed by atoms with Crippen molar-refractivity contribution in [3.8, 4) is 0 Å². The van der Waals surface area contributed by atoms with Crippen molar-refractivity contribution >= 4 is 11.8 Å². The molecule has 20 heavy (non-hydrogen) atoms. The van der Waals surface area contributed by atoms with Crippen molar-refractivity contribution in [2.45, 2.75) is 13.0 Å². The fourth-order valence-corrected chi connectivity index (χ4v) is 1.76. The third kappa shape index (κ3) is 3.42. The van der Waals surface area contributed by atoms with Gasteiger partial charge >= 0.3 is 0 Å². The number of nitrogens with zero attached hydrogens (tertiary/aromatic N) is 2. The number of primary amides is 1. The fraction of sp³-hybridized carbons (Fsp3) is 0.154. The zero-order chi connectivity index (χ0) is 14.5. The molecular weight excluding hydrogens is 258 g/mol. The molecule has 0 fully saturated rings. The molecule has 0 spiro atoms. The second kappa shape index (κ2) is 5.98. The summed E-state index contributed by atoms with van der Waals surface area (Å²) >= 11 is 0. The van der Waals surface area contributed by atoms with Gasteiger partial charge in [0, 0.05) is 6.20 Å². The summed E-state index contributed by atoms with van der Waals surface area (Å²) in [5.74, 6) is 4.29. The van der Waals surface area contributed by atoms with E-state index in [0.29, 0.717) is 12.1 Å². The van der Waals surface area contributed by atoms with Crippen molar-refractivity contribution in [2.75, 3.05) is 0 Å². The molecule has 0 bridgehead atoms. The highest BCUT2D eigenvalue weighted by Gasteiger charge is 2.05. The van der Waals surface area contributed by atoms with Gasteiger partial charge in [-0.15, -0.1) is 0 Å². The summed E-state index contributed by atoms with van der Waals surface area (Å²) in [5.41, 5.74) is 9.49. The Morgan fingerprint density at radius 2 is 1.85 bits per heavy atom. The van der Waals surface area contributed by atoms with Crippen LogP contribution in [0.3, 0.4) is 0 Å². The first-order chi connectivity index (χ1) is 9.58. The number of hydrogen-bond donors (Lipinski definition) is 3. The van der Waals surface area contributed by atoms with Gasteiger partial charge in [0.25, 0.3) is 5.91 Å². The molecule has 1 heterocycles. The number of nitrogens with one attached hydrogen (secondary N) is 1. The van der Waals surface area contributed by atoms with Gasteiger partial charge in [-0.05, 0) is 11.1 Å². The minimum absolute atomic E-state index is 0.240. The van der Waals surface area contributed by atoms with E-state index in [4.69, 9.17) is 11.6 Å². The quantitative estimate of drug-likeness (QED) is 0.389. The second-order valence-corrected chi connectivity index (χ2v) is 4.35. The maximum atomic E-state index is 11.1. The average molecular weight is 273 g/mol. The Kier molecular flexibility index (Phi) is 4.11. The lowest BCUT2D eigenvalue weighted by molar-refractivity contribution is -0.120. The highest BCUT2D eigenvalue weighted by atomic mass is 16.2. The van der Waals surface area contributed by atoms with Gasteiger partial charge in [0.1, 0.15) is 0 Å². The van der Waals surface area contributed by atoms with E-state index in [1.807, 2.05) is 24.3 Å². The summed E-state index contributed by atoms with van der Waals surface area (Å²) in [6, 6.07) is 7.49. The SMILES string of the molecule is NNC(=O)Cc1ccc(Cn2cc(C(N)=O)cn2)cc1. The van der Waals surface area contributed by atoms with Crippen molar-refractivity contribution in [3.63, 3.8) is 0 Å². The molecule has 5 N–H and O–H groups in total. The van der Waals surface area contributed by atoms with E-state index in [2.05, 4.69) is 10.5 Å². The molecule has 2 aromatic rings. The van der Waals surface area contributed by atoms with Crippen LogP contribution in [0.1, 0.15) is 21.5 Å². The van der Waals surface area contributed by atoms with Crippen LogP contribution in [-0.4, -0.2) is 21.6 Å². The van der Waals surface area contributed by atoms with E-state index in [1.54, 1.807) is 10.9 Å². The first-order valence-corrected chi connectivity index (χ1v) is 5.98. The first kappa shape index (κ1) is 13.8. The lowest BCUT2D eigenvalue weighted by atomic mass is 10.1. The third-order valence-electron chi connectivity index (χ3n) is 2.81. The number of carbonyl (C=O) groups is 2. The molecule has 0 saturated carbocycles. The van der Waals surface area contributed by atoms with Crippen LogP contribution in [0.25, 0.3) is 0 Å². The van der Waals surface area contributed by atoms with Crippen LogP contribution >= 0.6 is 0 Å². The van der Waals surface area contributed by atoms with Crippen LogP contribution in [0, 0.1) is 0 Å². The van der Waals surface area contributed by atoms with Crippen LogP contribution < -0.4 is 17.0 Å². The molecule has 2 amide bonds. The molecule has 1 aromatic carbocycles. The lowest BCUT2D eigenvalue weighted by Gasteiger charge is -2.04. The normalized spacial score (nSPS) is 10.2. The number of rotatable bonds is 5. The predicted molar refractivity (Wildman–Crippen MR) is 72.3 cm³/mol. The van der Waals surface area contributed by atoms with E-state index >= 15 is 0 Å². The standard InChI is InChI=1S/C13H15N5O2/c14-13(20)11-6-16-18(8-11)7-10-3-1-9(2-4-10)5-12(19)17-15/h1-4,6,8H,5,7,15H2,(H2,14,20)(H,17,19). The molecule has 0 radical (unpaired) electrons. The van der Waals surface area contributed by atoms with Crippen LogP contribution in [0.15, 0.2) is 36.7 Å². The molecule has 7 nitrogen and oxygen atoms in total. The van der Waals surface area contributed by atoms with Crippen molar-refractivity contribution < 1.29 is 9.59 Å². The van der Waals surface area contributed by atoms with Gasteiger partial charge in [0.2, 0.25) is 5.91 Å². The second-order valence-electron chi connectivity index (χ2n) is 4.35. The molecule has 0 unspecified atom stereocenters. The summed E-state index contributed by atoms with van der Waals surface area (Å²) in [6.07, 6.45) is 3.27. The van der Waals surface area contributed by atoms with Gasteiger partial charge in [-0.2, -0.15) is 5.10 Å². The van der Waals surface area contributed by atoms with Gasteiger partial charge in [0.15, 0.2) is 0 Å². The van der Waals surface area contributed by atoms with E-state index in [1.165, 1.54) is 6.20 Å². The highest BCUT2D eigenvalue weighted by molar-refractivity contribution is 5.92. The molecular formula is C13H15N5O2. The Bertz CT molecular complexity index is 618. The van der Waals surface area contributed by atoms with Crippen molar-refractivity contribution in [1.29, 1.82) is 0 Å². The largest absolute Gasteiger partial charge is 0.366 e. The van der Waals surface area contributed by atoms with Crippen molar-refractivity contribution in [2.24, 2.45) is 11.6 Å². The number of hydrazine groups is 1. The zero-order valence-electron chi connectivity index (χ0n) is 10.7. The zero-order valence-corrected chi connectivity index (χ0v) is 10.7. The monoisotopic (exact) mass is 273 g/mol. The van der Waals surface area contributed by atoms with Crippen molar-refractivity contribution in [1.82, 2.24) is 15.2 Å². The first-order valence-electron chi connectivity index (χ1n) is 5.98. The van der Waals surface area contributed by atoms with E-state index < -0.39 is 5.91 Å². The van der Waals surface area contributed by atoms with E-state index in [0.717, 1.165) is 11.1 Å². The highest BCUT2D eigenvalue weighted by Crippen LogP contribution is 2.07. The smallest absolute Gasteiger partial charge is 0.251 e. The van der Waals surface area contributed by atoms with Crippen LogP contribution in [-0.2, 0) is 17.8 Å². The molecule has 104 valence electrons. The Morgan fingerprint density at radius 1 is 1.20 bits per heavy atom. The third-order valence-corrected chi connectivity index (χ3v) is 2.81. The lowest BCUT2D eigenvalue weighted by Crippen LogP contribution is -2.31. The summed E-state index contributed by atoms with van der Waals surface area (Å²) < 4.78 is 1.63. The van der Waals surface area contributed by atoms with Gasteiger partial charge < -0.3 is 5.73 Å². The van der Waals surface area contributed by atoms with Gasteiger partial charge in [0.05, 0.1) is 24.7 Å². The van der Waals surface area contributed by atoms with Gasteiger partial charge in [-0.3, -0.25) is 19.7 Å². The summed E-state index contributed by atoms with van der Waals surface area (Å²) in [7, 11) is 0. The Hall–Kier alpha value is -2.67. The maximum Gasteiger partial charge on any atom is 0.251 e. The summed E-state index contributed by atoms with van der Waals surface area (Å²) in [4.78, 5) is 22.1. The van der Waals surface area contributed by atoms with Crippen LogP contribution in [0.4, 0.5) is 0 Å². The Balaban J connectivity index is 2.02. The fourth-order valence-electron chi connectivity index (χ4n) is 1.76. The number of benzene rings is 1. The number of nitrogens with two attached hydrogens (primary N) is 2. The minimum Gasteiger partial charge on any atom is -0.366 e. The van der Waals surface area contributed by atoms with Crippen LogP contribution in [0.5, 0.6) is 0 Å². The number of amides is 2. The molecule has 0 aliphatic carbocycles. The minimum atomic E-state index is -0.501. The van der Waals surface area contributed by atoms with E-state index in [-0.39, 0.29) is 12.3 Å². The Morgan fingerprint density at radius 3 is 2.40 bits per heavy atom. The molecule has 0 atom stereocenters. The number of aromatic nitrogens is 2. The number of hydrogen-bond acceptors (Lipinski definition) is 4. The summed E-state index contributed by atoms with van der Waals surface area (Å²) in [5, 5.41) is 4.05. The van der Waals surface area contributed by atoms with Gasteiger partial charge in [-0.1, -0.05) is 24.3 Å². The molecule has 0 aliphatic rings. The summed E-state index contributed by atoms with van der Waals surface area (Å²) in [6.45, 7) is 0.524. The molecule has 2 rings (SSSR count). The predicted octanol–water partition coefficient (Wildman–Crippen LogP) is -0.437. The van der Waals surface area contributed by atoms with Crippen LogP contribution in [0.2, 0.25) is 0 Å². The van der Waals surface area contributed by atoms with Crippen molar-refractivity contribution in [3.05, 3.63) is 53.3 Å². The number of carbonyl (C=O) groups excluding carboxylic acids is 2. The molecule has 0 aliphatic heterocycles. The molecule has 1 aromatic heterocycles. The molecule has 0 saturated heterocycles. The molecule has 7 heteroatoms. The maximum absolute atomic E-state index is 11.1.